The molecule has 4 rings (SSSR count). The maximum absolute atomic E-state index is 9.11. The van der Waals surface area contributed by atoms with Crippen molar-refractivity contribution in [2.24, 2.45) is 11.8 Å². The molecule has 2 unspecified atom stereocenters. The van der Waals surface area contributed by atoms with Gasteiger partial charge in [0, 0.05) is 13.1 Å². The van der Waals surface area contributed by atoms with Crippen molar-refractivity contribution in [3.05, 3.63) is 35.9 Å². The van der Waals surface area contributed by atoms with Gasteiger partial charge < -0.3 is 5.32 Å². The van der Waals surface area contributed by atoms with Gasteiger partial charge in [-0.1, -0.05) is 30.3 Å². The van der Waals surface area contributed by atoms with Crippen LogP contribution in [0.4, 0.5) is 0 Å². The summed E-state index contributed by atoms with van der Waals surface area (Å²) < 4.78 is 0. The van der Waals surface area contributed by atoms with E-state index in [0.717, 1.165) is 30.8 Å². The van der Waals surface area contributed by atoms with E-state index in [1.165, 1.54) is 38.8 Å². The molecule has 0 spiro atoms. The lowest BCUT2D eigenvalue weighted by atomic mass is 9.82. The predicted molar refractivity (Wildman–Crippen MR) is 92.0 cm³/mol. The number of nitriles is 1. The fourth-order valence-corrected chi connectivity index (χ4v) is 4.71. The van der Waals surface area contributed by atoms with Gasteiger partial charge in [0.25, 0.3) is 0 Å². The molecule has 2 saturated heterocycles. The Morgan fingerprint density at radius 2 is 1.91 bits per heavy atom. The Labute approximate surface area is 139 Å². The highest BCUT2D eigenvalue weighted by molar-refractivity contribution is 5.25. The van der Waals surface area contributed by atoms with Gasteiger partial charge in [-0.3, -0.25) is 4.90 Å². The van der Waals surface area contributed by atoms with Crippen LogP contribution in [0.1, 0.15) is 43.6 Å². The molecule has 1 aliphatic carbocycles. The van der Waals surface area contributed by atoms with Crippen molar-refractivity contribution in [3.8, 4) is 6.07 Å². The molecule has 1 aromatic carbocycles. The van der Waals surface area contributed by atoms with Gasteiger partial charge in [0.2, 0.25) is 0 Å². The zero-order valence-corrected chi connectivity index (χ0v) is 13.9. The van der Waals surface area contributed by atoms with E-state index in [0.29, 0.717) is 6.42 Å². The standard InChI is InChI=1S/C20H27N3/c21-9-8-20(14-22-15-20)23-10-6-16(7-11-23)12-18-13-19(18)17-4-2-1-3-5-17/h1-5,16,18-19,22H,6-8,10-15H2. The van der Waals surface area contributed by atoms with Crippen molar-refractivity contribution in [1.29, 1.82) is 5.26 Å². The van der Waals surface area contributed by atoms with Gasteiger partial charge in [-0.2, -0.15) is 5.26 Å². The Hall–Kier alpha value is -1.37. The Kier molecular flexibility index (Phi) is 4.13. The second kappa shape index (κ2) is 6.26. The summed E-state index contributed by atoms with van der Waals surface area (Å²) in [6.45, 7) is 4.39. The minimum atomic E-state index is 0.159. The number of hydrogen-bond acceptors (Lipinski definition) is 3. The molecule has 3 fully saturated rings. The molecule has 122 valence electrons. The maximum atomic E-state index is 9.11. The smallest absolute Gasteiger partial charge is 0.0642 e. The first kappa shape index (κ1) is 15.2. The van der Waals surface area contributed by atoms with Crippen LogP contribution >= 0.6 is 0 Å². The van der Waals surface area contributed by atoms with Crippen LogP contribution in [0.3, 0.4) is 0 Å². The van der Waals surface area contributed by atoms with E-state index >= 15 is 0 Å². The number of nitrogens with one attached hydrogen (secondary N) is 1. The van der Waals surface area contributed by atoms with Crippen LogP contribution in [0.2, 0.25) is 0 Å². The number of benzene rings is 1. The van der Waals surface area contributed by atoms with Crippen LogP contribution < -0.4 is 5.32 Å². The molecule has 3 aliphatic rings. The second-order valence-electron chi connectivity index (χ2n) is 7.84. The first-order chi connectivity index (χ1) is 11.3. The molecule has 1 N–H and O–H groups in total. The van der Waals surface area contributed by atoms with Crippen LogP contribution in [-0.2, 0) is 0 Å². The average molecular weight is 309 g/mol. The topological polar surface area (TPSA) is 39.1 Å². The van der Waals surface area contributed by atoms with E-state index in [-0.39, 0.29) is 5.54 Å². The fourth-order valence-electron chi connectivity index (χ4n) is 4.71. The van der Waals surface area contributed by atoms with Crippen molar-refractivity contribution in [3.63, 3.8) is 0 Å². The molecule has 23 heavy (non-hydrogen) atoms. The third-order valence-electron chi connectivity index (χ3n) is 6.39. The molecule has 1 aromatic rings. The summed E-state index contributed by atoms with van der Waals surface area (Å²) in [6.07, 6.45) is 6.14. The highest BCUT2D eigenvalue weighted by atomic mass is 15.3. The Morgan fingerprint density at radius 3 is 2.52 bits per heavy atom. The summed E-state index contributed by atoms with van der Waals surface area (Å²) in [4.78, 5) is 2.60. The third-order valence-corrected chi connectivity index (χ3v) is 6.39. The lowest BCUT2D eigenvalue weighted by molar-refractivity contribution is 0.0114. The summed E-state index contributed by atoms with van der Waals surface area (Å²) in [5, 5.41) is 12.5. The first-order valence-corrected chi connectivity index (χ1v) is 9.18. The zero-order valence-electron chi connectivity index (χ0n) is 13.9. The number of rotatable bonds is 5. The monoisotopic (exact) mass is 309 g/mol. The van der Waals surface area contributed by atoms with E-state index in [9.17, 15) is 0 Å². The van der Waals surface area contributed by atoms with E-state index in [1.54, 1.807) is 5.56 Å². The Balaban J connectivity index is 1.26. The minimum Gasteiger partial charge on any atom is -0.313 e. The van der Waals surface area contributed by atoms with Crippen LogP contribution in [-0.4, -0.2) is 36.6 Å². The van der Waals surface area contributed by atoms with Gasteiger partial charge in [0.05, 0.1) is 18.0 Å². The summed E-state index contributed by atoms with van der Waals surface area (Å²) in [5.74, 6) is 2.65. The van der Waals surface area contributed by atoms with E-state index < -0.39 is 0 Å². The summed E-state index contributed by atoms with van der Waals surface area (Å²) in [7, 11) is 0. The van der Waals surface area contributed by atoms with Crippen LogP contribution in [0, 0.1) is 23.2 Å². The van der Waals surface area contributed by atoms with Gasteiger partial charge in [-0.15, -0.1) is 0 Å². The van der Waals surface area contributed by atoms with Gasteiger partial charge in [0.1, 0.15) is 0 Å². The molecule has 1 saturated carbocycles. The molecule has 2 atom stereocenters. The van der Waals surface area contributed by atoms with Crippen LogP contribution in [0.5, 0.6) is 0 Å². The highest BCUT2D eigenvalue weighted by Crippen LogP contribution is 2.51. The highest BCUT2D eigenvalue weighted by Gasteiger charge is 2.45. The minimum absolute atomic E-state index is 0.159. The molecule has 3 nitrogen and oxygen atoms in total. The van der Waals surface area contributed by atoms with E-state index in [4.69, 9.17) is 5.26 Å². The molecule has 3 heteroatoms. The maximum Gasteiger partial charge on any atom is 0.0642 e. The number of hydrogen-bond donors (Lipinski definition) is 1. The Bertz CT molecular complexity index is 564. The number of nitrogens with zero attached hydrogens (tertiary/aromatic N) is 2. The lowest BCUT2D eigenvalue weighted by Crippen LogP contribution is -2.69. The summed E-state index contributed by atoms with van der Waals surface area (Å²) in [6, 6.07) is 13.4. The van der Waals surface area contributed by atoms with Gasteiger partial charge in [0.15, 0.2) is 0 Å². The third kappa shape index (κ3) is 3.03. The normalized spacial score (nSPS) is 30.4. The summed E-state index contributed by atoms with van der Waals surface area (Å²) >= 11 is 0. The largest absolute Gasteiger partial charge is 0.313 e. The van der Waals surface area contributed by atoms with Gasteiger partial charge in [-0.25, -0.2) is 0 Å². The average Bonchev–Trinajstić information content (AvgIpc) is 3.32. The van der Waals surface area contributed by atoms with Gasteiger partial charge in [-0.05, 0) is 62.1 Å². The fraction of sp³-hybridized carbons (Fsp3) is 0.650. The van der Waals surface area contributed by atoms with Crippen LogP contribution in [0.15, 0.2) is 30.3 Å². The van der Waals surface area contributed by atoms with E-state index in [1.807, 2.05) is 0 Å². The van der Waals surface area contributed by atoms with E-state index in [2.05, 4.69) is 46.6 Å². The Morgan fingerprint density at radius 1 is 1.17 bits per heavy atom. The molecular weight excluding hydrogens is 282 g/mol. The zero-order chi connectivity index (χ0) is 15.7. The molecule has 2 heterocycles. The number of likely N-dealkylation sites (tertiary alicyclic amines) is 1. The quantitative estimate of drug-likeness (QED) is 0.908. The van der Waals surface area contributed by atoms with Crippen molar-refractivity contribution in [2.75, 3.05) is 26.2 Å². The molecule has 0 amide bonds. The van der Waals surface area contributed by atoms with Gasteiger partial charge >= 0.3 is 0 Å². The molecular formula is C20H27N3. The second-order valence-corrected chi connectivity index (χ2v) is 7.84. The molecule has 0 bridgehead atoms. The molecule has 0 aromatic heterocycles. The summed E-state index contributed by atoms with van der Waals surface area (Å²) in [5.41, 5.74) is 1.70. The van der Waals surface area contributed by atoms with Crippen molar-refractivity contribution < 1.29 is 0 Å². The van der Waals surface area contributed by atoms with Crippen molar-refractivity contribution in [2.45, 2.75) is 43.6 Å². The SMILES string of the molecule is N#CCC1(N2CCC(CC3CC3c3ccccc3)CC2)CNC1. The molecule has 2 aliphatic heterocycles. The van der Waals surface area contributed by atoms with Crippen molar-refractivity contribution in [1.82, 2.24) is 10.2 Å². The first-order valence-electron chi connectivity index (χ1n) is 9.18. The van der Waals surface area contributed by atoms with Crippen LogP contribution in [0.25, 0.3) is 0 Å². The predicted octanol–water partition coefficient (Wildman–Crippen LogP) is 3.15. The number of piperidine rings is 1. The van der Waals surface area contributed by atoms with Crippen molar-refractivity contribution >= 4 is 0 Å². The molecule has 0 radical (unpaired) electrons. The lowest BCUT2D eigenvalue weighted by Gasteiger charge is -2.52.